The molecule has 5 nitrogen and oxygen atoms in total. The van der Waals surface area contributed by atoms with Gasteiger partial charge in [-0.1, -0.05) is 13.8 Å². The van der Waals surface area contributed by atoms with Gasteiger partial charge in [-0.25, -0.2) is 4.79 Å². The molecular weight excluding hydrogens is 208 g/mol. The van der Waals surface area contributed by atoms with E-state index in [1.54, 1.807) is 0 Å². The smallest absolute Gasteiger partial charge is 0.334 e. The Morgan fingerprint density at radius 2 is 1.94 bits per heavy atom. The van der Waals surface area contributed by atoms with Gasteiger partial charge in [0.15, 0.2) is 6.10 Å². The molecule has 0 amide bonds. The number of likely N-dealkylation sites (tertiary alicyclic amines) is 1. The summed E-state index contributed by atoms with van der Waals surface area (Å²) < 4.78 is 0. The molecule has 1 fully saturated rings. The van der Waals surface area contributed by atoms with E-state index in [-0.39, 0.29) is 0 Å². The quantitative estimate of drug-likeness (QED) is 0.627. The van der Waals surface area contributed by atoms with Crippen molar-refractivity contribution in [2.45, 2.75) is 38.3 Å². The van der Waals surface area contributed by atoms with Crippen LogP contribution in [-0.2, 0) is 4.79 Å². The Hall–Kier alpha value is -0.650. The van der Waals surface area contributed by atoms with E-state index in [1.165, 1.54) is 0 Å². The van der Waals surface area contributed by atoms with Crippen molar-refractivity contribution >= 4 is 5.97 Å². The number of hydrogen-bond acceptors (Lipinski definition) is 4. The lowest BCUT2D eigenvalue weighted by Crippen LogP contribution is -2.60. The van der Waals surface area contributed by atoms with Crippen molar-refractivity contribution in [2.24, 2.45) is 11.7 Å². The molecule has 0 saturated carbocycles. The number of carbonyl (C=O) groups is 1. The topological polar surface area (TPSA) is 86.8 Å². The molecule has 0 aromatic carbocycles. The molecule has 1 heterocycles. The number of nitrogens with two attached hydrogens (primary N) is 1. The highest BCUT2D eigenvalue weighted by atomic mass is 16.4. The molecule has 1 aliphatic rings. The molecule has 0 bridgehead atoms. The van der Waals surface area contributed by atoms with Gasteiger partial charge in [0.05, 0.1) is 5.54 Å². The molecule has 4 N–H and O–H groups in total. The number of hydrogen-bond donors (Lipinski definition) is 3. The fourth-order valence-corrected chi connectivity index (χ4v) is 2.19. The van der Waals surface area contributed by atoms with Crippen LogP contribution in [0.3, 0.4) is 0 Å². The van der Waals surface area contributed by atoms with Gasteiger partial charge in [0.1, 0.15) is 0 Å². The van der Waals surface area contributed by atoms with E-state index in [0.717, 1.165) is 19.6 Å². The second-order valence-electron chi connectivity index (χ2n) is 5.17. The Kier molecular flexibility index (Phi) is 4.29. The molecule has 94 valence electrons. The van der Waals surface area contributed by atoms with Gasteiger partial charge < -0.3 is 20.8 Å². The third kappa shape index (κ3) is 3.17. The second kappa shape index (κ2) is 5.12. The number of aliphatic hydroxyl groups is 1. The number of rotatable bonds is 4. The van der Waals surface area contributed by atoms with Crippen LogP contribution < -0.4 is 5.73 Å². The Morgan fingerprint density at radius 1 is 1.44 bits per heavy atom. The molecule has 0 radical (unpaired) electrons. The molecule has 1 unspecified atom stereocenters. The standard InChI is InChI=1S/C11H22N2O3/c1-8(2)7-13-5-3-11(12,4-6-13)9(14)10(15)16/h8-9,14H,3-7,12H2,1-2H3,(H,15,16). The van der Waals surface area contributed by atoms with Crippen molar-refractivity contribution in [3.05, 3.63) is 0 Å². The van der Waals surface area contributed by atoms with Crippen LogP contribution in [0, 0.1) is 5.92 Å². The Labute approximate surface area is 96.2 Å². The number of piperidine rings is 1. The summed E-state index contributed by atoms with van der Waals surface area (Å²) in [5.41, 5.74) is 4.98. The molecule has 0 aliphatic carbocycles. The Balaban J connectivity index is 2.49. The lowest BCUT2D eigenvalue weighted by molar-refractivity contribution is -0.151. The molecule has 1 atom stereocenters. The molecule has 1 aliphatic heterocycles. The van der Waals surface area contributed by atoms with Crippen LogP contribution in [-0.4, -0.2) is 52.4 Å². The van der Waals surface area contributed by atoms with Crippen molar-refractivity contribution in [3.8, 4) is 0 Å². The summed E-state index contributed by atoms with van der Waals surface area (Å²) >= 11 is 0. The summed E-state index contributed by atoms with van der Waals surface area (Å²) in [7, 11) is 0. The van der Waals surface area contributed by atoms with Gasteiger partial charge in [0.25, 0.3) is 0 Å². The SMILES string of the molecule is CC(C)CN1CCC(N)(C(O)C(=O)O)CC1. The first-order valence-corrected chi connectivity index (χ1v) is 5.77. The van der Waals surface area contributed by atoms with Crippen LogP contribution in [0.25, 0.3) is 0 Å². The maximum Gasteiger partial charge on any atom is 0.334 e. The molecule has 0 aromatic rings. The number of aliphatic carboxylic acids is 1. The van der Waals surface area contributed by atoms with Crippen molar-refractivity contribution in [1.29, 1.82) is 0 Å². The van der Waals surface area contributed by atoms with E-state index in [9.17, 15) is 9.90 Å². The van der Waals surface area contributed by atoms with Crippen molar-refractivity contribution in [2.75, 3.05) is 19.6 Å². The summed E-state index contributed by atoms with van der Waals surface area (Å²) in [5, 5.41) is 18.3. The van der Waals surface area contributed by atoms with E-state index in [2.05, 4.69) is 18.7 Å². The van der Waals surface area contributed by atoms with Crippen molar-refractivity contribution in [1.82, 2.24) is 4.90 Å². The zero-order chi connectivity index (χ0) is 12.3. The minimum Gasteiger partial charge on any atom is -0.479 e. The average molecular weight is 230 g/mol. The first-order valence-electron chi connectivity index (χ1n) is 5.77. The monoisotopic (exact) mass is 230 g/mol. The largest absolute Gasteiger partial charge is 0.479 e. The molecule has 16 heavy (non-hydrogen) atoms. The van der Waals surface area contributed by atoms with Crippen LogP contribution in [0.5, 0.6) is 0 Å². The number of carboxylic acids is 1. The number of aliphatic hydroxyl groups excluding tert-OH is 1. The predicted molar refractivity (Wildman–Crippen MR) is 61.1 cm³/mol. The third-order valence-corrected chi connectivity index (χ3v) is 3.19. The van der Waals surface area contributed by atoms with Gasteiger partial charge in [-0.2, -0.15) is 0 Å². The number of carboxylic acid groups (broad SMARTS) is 1. The predicted octanol–water partition coefficient (Wildman–Crippen LogP) is -0.119. The molecule has 1 saturated heterocycles. The fraction of sp³-hybridized carbons (Fsp3) is 0.909. The highest BCUT2D eigenvalue weighted by molar-refractivity contribution is 5.73. The lowest BCUT2D eigenvalue weighted by atomic mass is 9.83. The molecule has 0 aromatic heterocycles. The number of nitrogens with zero attached hydrogens (tertiary/aromatic N) is 1. The van der Waals surface area contributed by atoms with Crippen LogP contribution in [0.1, 0.15) is 26.7 Å². The second-order valence-corrected chi connectivity index (χ2v) is 5.17. The minimum absolute atomic E-state index is 0.535. The van der Waals surface area contributed by atoms with Gasteiger partial charge in [0.2, 0.25) is 0 Å². The Bertz CT molecular complexity index is 248. The fourth-order valence-electron chi connectivity index (χ4n) is 2.19. The third-order valence-electron chi connectivity index (χ3n) is 3.19. The van der Waals surface area contributed by atoms with Crippen molar-refractivity contribution in [3.63, 3.8) is 0 Å². The van der Waals surface area contributed by atoms with Gasteiger partial charge in [-0.05, 0) is 18.8 Å². The van der Waals surface area contributed by atoms with Gasteiger partial charge >= 0.3 is 5.97 Å². The van der Waals surface area contributed by atoms with Gasteiger partial charge in [-0.3, -0.25) is 0 Å². The van der Waals surface area contributed by atoms with Gasteiger partial charge in [0, 0.05) is 19.6 Å². The maximum atomic E-state index is 10.7. The normalized spacial score (nSPS) is 23.3. The van der Waals surface area contributed by atoms with Crippen LogP contribution in [0.15, 0.2) is 0 Å². The van der Waals surface area contributed by atoms with Gasteiger partial charge in [-0.15, -0.1) is 0 Å². The van der Waals surface area contributed by atoms with E-state index in [4.69, 9.17) is 10.8 Å². The Morgan fingerprint density at radius 3 is 2.31 bits per heavy atom. The highest BCUT2D eigenvalue weighted by Gasteiger charge is 2.41. The zero-order valence-corrected chi connectivity index (χ0v) is 10.0. The first kappa shape index (κ1) is 13.4. The van der Waals surface area contributed by atoms with E-state index in [0.29, 0.717) is 18.8 Å². The average Bonchev–Trinajstić information content (AvgIpc) is 2.20. The summed E-state index contributed by atoms with van der Waals surface area (Å²) in [4.78, 5) is 13.0. The highest BCUT2D eigenvalue weighted by Crippen LogP contribution is 2.24. The molecule has 5 heteroatoms. The summed E-state index contributed by atoms with van der Waals surface area (Å²) in [6.07, 6.45) is -0.380. The summed E-state index contributed by atoms with van der Waals surface area (Å²) in [6.45, 7) is 6.82. The van der Waals surface area contributed by atoms with Crippen molar-refractivity contribution < 1.29 is 15.0 Å². The molecule has 0 spiro atoms. The maximum absolute atomic E-state index is 10.7. The molecular formula is C11H22N2O3. The van der Waals surface area contributed by atoms with E-state index >= 15 is 0 Å². The van der Waals surface area contributed by atoms with Crippen LogP contribution in [0.2, 0.25) is 0 Å². The van der Waals surface area contributed by atoms with E-state index in [1.807, 2.05) is 0 Å². The van der Waals surface area contributed by atoms with E-state index < -0.39 is 17.6 Å². The van der Waals surface area contributed by atoms with Crippen LogP contribution in [0.4, 0.5) is 0 Å². The zero-order valence-electron chi connectivity index (χ0n) is 10.0. The minimum atomic E-state index is -1.45. The first-order chi connectivity index (χ1) is 7.35. The summed E-state index contributed by atoms with van der Waals surface area (Å²) in [6, 6.07) is 0. The molecule has 1 rings (SSSR count). The summed E-state index contributed by atoms with van der Waals surface area (Å²) in [5.74, 6) is -0.630. The lowest BCUT2D eigenvalue weighted by Gasteiger charge is -2.41. The van der Waals surface area contributed by atoms with Crippen LogP contribution >= 0.6 is 0 Å².